The van der Waals surface area contributed by atoms with Gasteiger partial charge in [-0.25, -0.2) is 0 Å². The molecule has 0 radical (unpaired) electrons. The van der Waals surface area contributed by atoms with Crippen LogP contribution in [0.3, 0.4) is 0 Å². The molecule has 1 atom stereocenters. The predicted molar refractivity (Wildman–Crippen MR) is 97.1 cm³/mol. The maximum atomic E-state index is 4.33. The minimum Gasteiger partial charge on any atom is -0.355 e. The lowest BCUT2D eigenvalue weighted by molar-refractivity contribution is 0.163. The lowest BCUT2D eigenvalue weighted by Gasteiger charge is -2.33. The van der Waals surface area contributed by atoms with Crippen LogP contribution in [0.15, 0.2) is 4.99 Å². The van der Waals surface area contributed by atoms with Gasteiger partial charge in [-0.3, -0.25) is 9.89 Å². The van der Waals surface area contributed by atoms with Crippen molar-refractivity contribution in [2.75, 3.05) is 26.7 Å². The van der Waals surface area contributed by atoms with Crippen molar-refractivity contribution in [3.05, 3.63) is 0 Å². The highest BCUT2D eigenvalue weighted by atomic mass is 127. The maximum absolute atomic E-state index is 4.33. The first-order valence-corrected chi connectivity index (χ1v) is 8.01. The van der Waals surface area contributed by atoms with E-state index in [0.29, 0.717) is 6.04 Å². The van der Waals surface area contributed by atoms with Gasteiger partial charge in [0.1, 0.15) is 0 Å². The summed E-state index contributed by atoms with van der Waals surface area (Å²) in [6, 6.07) is 1.39. The lowest BCUT2D eigenvalue weighted by Crippen LogP contribution is -2.47. The zero-order valence-electron chi connectivity index (χ0n) is 13.0. The number of piperidine rings is 1. The number of nitrogens with zero attached hydrogens (tertiary/aromatic N) is 2. The van der Waals surface area contributed by atoms with Crippen molar-refractivity contribution >= 4 is 29.9 Å². The van der Waals surface area contributed by atoms with E-state index in [1.165, 1.54) is 51.5 Å². The summed E-state index contributed by atoms with van der Waals surface area (Å²) in [5.41, 5.74) is 0. The summed E-state index contributed by atoms with van der Waals surface area (Å²) in [4.78, 5) is 6.93. The van der Waals surface area contributed by atoms with Crippen molar-refractivity contribution in [2.45, 2.75) is 64.0 Å². The standard InChI is InChI=1S/C15H30N4.HI/c1-13-7-5-6-11-19(13)12-10-17-15(16-2)18-14-8-3-4-9-14;/h13-14H,3-12H2,1-2H3,(H2,16,17,18);1H. The molecule has 0 aromatic rings. The third kappa shape index (κ3) is 5.76. The second kappa shape index (κ2) is 9.82. The summed E-state index contributed by atoms with van der Waals surface area (Å²) < 4.78 is 0. The van der Waals surface area contributed by atoms with Crippen molar-refractivity contribution < 1.29 is 0 Å². The molecule has 1 aliphatic heterocycles. The quantitative estimate of drug-likeness (QED) is 0.438. The molecule has 1 saturated carbocycles. The van der Waals surface area contributed by atoms with Crippen molar-refractivity contribution in [3.63, 3.8) is 0 Å². The number of hydrogen-bond donors (Lipinski definition) is 2. The molecular weight excluding hydrogens is 363 g/mol. The molecule has 1 heterocycles. The molecule has 5 heteroatoms. The molecule has 2 N–H and O–H groups in total. The Morgan fingerprint density at radius 2 is 1.85 bits per heavy atom. The highest BCUT2D eigenvalue weighted by Crippen LogP contribution is 2.17. The monoisotopic (exact) mass is 394 g/mol. The number of nitrogens with one attached hydrogen (secondary N) is 2. The number of aliphatic imine (C=N–C) groups is 1. The Kier molecular flexibility index (Phi) is 8.84. The number of halogens is 1. The molecule has 0 amide bonds. The molecule has 1 unspecified atom stereocenters. The van der Waals surface area contributed by atoms with Gasteiger partial charge in [-0.05, 0) is 39.2 Å². The van der Waals surface area contributed by atoms with Crippen LogP contribution in [0.1, 0.15) is 51.9 Å². The summed E-state index contributed by atoms with van der Waals surface area (Å²) in [7, 11) is 1.87. The van der Waals surface area contributed by atoms with Gasteiger partial charge in [-0.1, -0.05) is 19.3 Å². The van der Waals surface area contributed by atoms with Gasteiger partial charge in [0.15, 0.2) is 5.96 Å². The number of hydrogen-bond acceptors (Lipinski definition) is 2. The molecule has 118 valence electrons. The number of guanidine groups is 1. The van der Waals surface area contributed by atoms with Crippen LogP contribution in [-0.2, 0) is 0 Å². The second-order valence-electron chi connectivity index (χ2n) is 6.01. The summed E-state index contributed by atoms with van der Waals surface area (Å²) in [5.74, 6) is 0.983. The maximum Gasteiger partial charge on any atom is 0.191 e. The summed E-state index contributed by atoms with van der Waals surface area (Å²) in [6.07, 6.45) is 9.43. The van der Waals surface area contributed by atoms with E-state index >= 15 is 0 Å². The van der Waals surface area contributed by atoms with Gasteiger partial charge in [0, 0.05) is 32.2 Å². The predicted octanol–water partition coefficient (Wildman–Crippen LogP) is 2.59. The minimum atomic E-state index is 0. The van der Waals surface area contributed by atoms with Crippen LogP contribution in [0.25, 0.3) is 0 Å². The molecule has 4 nitrogen and oxygen atoms in total. The van der Waals surface area contributed by atoms with Gasteiger partial charge in [0.2, 0.25) is 0 Å². The topological polar surface area (TPSA) is 39.7 Å². The number of likely N-dealkylation sites (tertiary alicyclic amines) is 1. The molecule has 1 aliphatic carbocycles. The van der Waals surface area contributed by atoms with E-state index in [4.69, 9.17) is 0 Å². The number of rotatable bonds is 4. The molecule has 1 saturated heterocycles. The Balaban J connectivity index is 0.00000200. The zero-order valence-corrected chi connectivity index (χ0v) is 15.4. The van der Waals surface area contributed by atoms with E-state index in [2.05, 4.69) is 27.4 Å². The van der Waals surface area contributed by atoms with Crippen molar-refractivity contribution in [1.29, 1.82) is 0 Å². The van der Waals surface area contributed by atoms with Crippen molar-refractivity contribution in [1.82, 2.24) is 15.5 Å². The van der Waals surface area contributed by atoms with E-state index < -0.39 is 0 Å². The Morgan fingerprint density at radius 3 is 2.50 bits per heavy atom. The molecular formula is C15H31IN4. The van der Waals surface area contributed by atoms with Crippen LogP contribution >= 0.6 is 24.0 Å². The Morgan fingerprint density at radius 1 is 1.15 bits per heavy atom. The Labute approximate surface area is 141 Å². The zero-order chi connectivity index (χ0) is 13.5. The normalized spacial score (nSPS) is 25.3. The van der Waals surface area contributed by atoms with Crippen LogP contribution < -0.4 is 10.6 Å². The fourth-order valence-electron chi connectivity index (χ4n) is 3.27. The van der Waals surface area contributed by atoms with E-state index in [1.807, 2.05) is 7.05 Å². The molecule has 2 rings (SSSR count). The third-order valence-electron chi connectivity index (χ3n) is 4.55. The van der Waals surface area contributed by atoms with Gasteiger partial charge in [-0.2, -0.15) is 0 Å². The lowest BCUT2D eigenvalue weighted by atomic mass is 10.0. The SMILES string of the molecule is CN=C(NCCN1CCCCC1C)NC1CCCC1.I. The largest absolute Gasteiger partial charge is 0.355 e. The smallest absolute Gasteiger partial charge is 0.191 e. The Bertz CT molecular complexity index is 290. The molecule has 0 aromatic carbocycles. The molecule has 0 aromatic heterocycles. The highest BCUT2D eigenvalue weighted by Gasteiger charge is 2.18. The van der Waals surface area contributed by atoms with Crippen molar-refractivity contribution in [3.8, 4) is 0 Å². The van der Waals surface area contributed by atoms with Gasteiger partial charge in [0.25, 0.3) is 0 Å². The van der Waals surface area contributed by atoms with E-state index in [1.54, 1.807) is 0 Å². The Hall–Kier alpha value is -0.0400. The molecule has 0 bridgehead atoms. The first kappa shape index (κ1) is 18.0. The van der Waals surface area contributed by atoms with Crippen LogP contribution in [0.2, 0.25) is 0 Å². The fraction of sp³-hybridized carbons (Fsp3) is 0.933. The second-order valence-corrected chi connectivity index (χ2v) is 6.01. The summed E-state index contributed by atoms with van der Waals surface area (Å²) >= 11 is 0. The highest BCUT2D eigenvalue weighted by molar-refractivity contribution is 14.0. The average molecular weight is 394 g/mol. The fourth-order valence-corrected chi connectivity index (χ4v) is 3.27. The third-order valence-corrected chi connectivity index (χ3v) is 4.55. The van der Waals surface area contributed by atoms with Crippen LogP contribution in [0.4, 0.5) is 0 Å². The van der Waals surface area contributed by atoms with E-state index in [0.717, 1.165) is 25.1 Å². The van der Waals surface area contributed by atoms with Crippen LogP contribution in [0, 0.1) is 0 Å². The average Bonchev–Trinajstić information content (AvgIpc) is 2.92. The first-order chi connectivity index (χ1) is 9.29. The summed E-state index contributed by atoms with van der Waals surface area (Å²) in [6.45, 7) is 5.74. The van der Waals surface area contributed by atoms with Gasteiger partial charge < -0.3 is 10.6 Å². The minimum absolute atomic E-state index is 0. The van der Waals surface area contributed by atoms with Gasteiger partial charge in [-0.15, -0.1) is 24.0 Å². The van der Waals surface area contributed by atoms with Gasteiger partial charge in [0.05, 0.1) is 0 Å². The summed E-state index contributed by atoms with van der Waals surface area (Å²) in [5, 5.41) is 7.00. The van der Waals surface area contributed by atoms with Gasteiger partial charge >= 0.3 is 0 Å². The molecule has 2 aliphatic rings. The van der Waals surface area contributed by atoms with Crippen LogP contribution in [-0.4, -0.2) is 49.6 Å². The van der Waals surface area contributed by atoms with Crippen molar-refractivity contribution in [2.24, 2.45) is 4.99 Å². The first-order valence-electron chi connectivity index (χ1n) is 8.01. The molecule has 0 spiro atoms. The molecule has 20 heavy (non-hydrogen) atoms. The van der Waals surface area contributed by atoms with E-state index in [9.17, 15) is 0 Å². The van der Waals surface area contributed by atoms with Crippen LogP contribution in [0.5, 0.6) is 0 Å². The van der Waals surface area contributed by atoms with E-state index in [-0.39, 0.29) is 24.0 Å². The molecule has 2 fully saturated rings.